The number of amides is 1. The molecule has 0 radical (unpaired) electrons. The van der Waals surface area contributed by atoms with E-state index in [0.717, 1.165) is 17.5 Å². The van der Waals surface area contributed by atoms with Crippen LogP contribution in [0.25, 0.3) is 0 Å². The first kappa shape index (κ1) is 54.1. The molecule has 1 amide bonds. The van der Waals surface area contributed by atoms with Crippen molar-refractivity contribution in [3.05, 3.63) is 117 Å². The van der Waals surface area contributed by atoms with Gasteiger partial charge in [-0.2, -0.15) is 9.60 Å². The number of hydrogen-bond acceptors (Lipinski definition) is 13. The van der Waals surface area contributed by atoms with Gasteiger partial charge in [-0.05, 0) is 113 Å². The maximum Gasteiger partial charge on any atom is 0.210 e. The molecule has 7 rings (SSSR count). The van der Waals surface area contributed by atoms with Crippen molar-refractivity contribution in [2.24, 2.45) is 9.98 Å². The number of aliphatic imine (C=N–C) groups is 2. The Morgan fingerprint density at radius 1 is 0.704 bits per heavy atom. The van der Waals surface area contributed by atoms with Crippen molar-refractivity contribution >= 4 is 70.8 Å². The number of carbonyl (C=O) groups excluding carboxylic acids is 1. The Hall–Kier alpha value is -4.72. The van der Waals surface area contributed by atoms with Crippen LogP contribution in [0.15, 0.2) is 105 Å². The molecule has 71 heavy (non-hydrogen) atoms. The zero-order chi connectivity index (χ0) is 51.9. The van der Waals surface area contributed by atoms with Crippen molar-refractivity contribution in [2.75, 3.05) is 62.9 Å². The third-order valence-corrected chi connectivity index (χ3v) is 19.6. The lowest BCUT2D eigenvalue weighted by Crippen LogP contribution is -2.79. The average molecular weight is 1070 g/mol. The monoisotopic (exact) mass is 1070 g/mol. The summed E-state index contributed by atoms with van der Waals surface area (Å²) in [5, 5.41) is 3.30. The predicted octanol–water partition coefficient (Wildman–Crippen LogP) is 7.78. The molecule has 0 aromatic heterocycles. The molecule has 4 unspecified atom stereocenters. The maximum absolute atomic E-state index is 13.4. The number of sulfone groups is 3. The molecule has 1 saturated heterocycles. The van der Waals surface area contributed by atoms with Crippen LogP contribution in [0.2, 0.25) is 10.0 Å². The fourth-order valence-corrected chi connectivity index (χ4v) is 13.0. The molecule has 0 saturated carbocycles. The van der Waals surface area contributed by atoms with E-state index >= 15 is 0 Å². The van der Waals surface area contributed by atoms with Crippen molar-refractivity contribution in [3.8, 4) is 11.5 Å². The summed E-state index contributed by atoms with van der Waals surface area (Å²) in [5.74, 6) is 1.15. The lowest BCUT2D eigenvalue weighted by molar-refractivity contribution is -1.05. The van der Waals surface area contributed by atoms with Gasteiger partial charge in [0.2, 0.25) is 12.6 Å². The quantitative estimate of drug-likeness (QED) is 0.0664. The molecular formula is C51H65Cl2N6O9S3+. The molecule has 6 atom stereocenters. The number of rotatable bonds is 19. The zero-order valence-electron chi connectivity index (χ0n) is 41.8. The van der Waals surface area contributed by atoms with Crippen LogP contribution in [0.3, 0.4) is 0 Å². The van der Waals surface area contributed by atoms with Gasteiger partial charge in [-0.15, -0.1) is 0 Å². The lowest BCUT2D eigenvalue weighted by Gasteiger charge is -2.58. The van der Waals surface area contributed by atoms with Gasteiger partial charge in [-0.3, -0.25) is 14.7 Å². The van der Waals surface area contributed by atoms with Gasteiger partial charge in [0.05, 0.1) is 70.5 Å². The van der Waals surface area contributed by atoms with Crippen LogP contribution >= 0.6 is 23.2 Å². The van der Waals surface area contributed by atoms with Crippen molar-refractivity contribution in [3.63, 3.8) is 0 Å². The number of quaternary nitrogens is 1. The van der Waals surface area contributed by atoms with E-state index in [0.29, 0.717) is 44.3 Å². The van der Waals surface area contributed by atoms with Crippen molar-refractivity contribution in [1.82, 2.24) is 14.8 Å². The first-order valence-corrected chi connectivity index (χ1v) is 30.1. The Kier molecular flexibility index (Phi) is 15.7. The molecule has 0 aliphatic carbocycles. The smallest absolute Gasteiger partial charge is 0.210 e. The number of piperazine rings is 1. The van der Waals surface area contributed by atoms with Gasteiger partial charge < -0.3 is 14.4 Å². The number of nitrogens with zero attached hydrogens (tertiary/aromatic N) is 6. The summed E-state index contributed by atoms with van der Waals surface area (Å²) in [6.45, 7) is 16.3. The number of amidine groups is 2. The van der Waals surface area contributed by atoms with Gasteiger partial charge in [0.15, 0.2) is 25.5 Å². The molecule has 3 aliphatic heterocycles. The van der Waals surface area contributed by atoms with Gasteiger partial charge in [0, 0.05) is 22.7 Å². The van der Waals surface area contributed by atoms with Crippen LogP contribution in [0.4, 0.5) is 0 Å². The van der Waals surface area contributed by atoms with Gasteiger partial charge in [0.25, 0.3) is 0 Å². The van der Waals surface area contributed by atoms with E-state index in [4.69, 9.17) is 42.7 Å². The summed E-state index contributed by atoms with van der Waals surface area (Å²) >= 11 is 13.0. The Bertz CT molecular complexity index is 3050. The average Bonchev–Trinajstić information content (AvgIpc) is 3.77. The van der Waals surface area contributed by atoms with Crippen LogP contribution < -0.4 is 9.47 Å². The molecular weight excluding hydrogens is 1010 g/mol. The van der Waals surface area contributed by atoms with Crippen LogP contribution in [-0.2, 0) is 45.4 Å². The molecule has 0 spiro atoms. The third-order valence-electron chi connectivity index (χ3n) is 14.6. The predicted molar refractivity (Wildman–Crippen MR) is 280 cm³/mol. The van der Waals surface area contributed by atoms with Crippen LogP contribution in [-0.4, -0.2) is 144 Å². The Morgan fingerprint density at radius 2 is 1.17 bits per heavy atom. The Balaban J connectivity index is 1.57. The minimum absolute atomic E-state index is 0.0237. The van der Waals surface area contributed by atoms with E-state index in [-0.39, 0.29) is 77.5 Å². The molecule has 20 heteroatoms. The molecule has 3 heterocycles. The number of halogens is 2. The minimum atomic E-state index is -3.67. The van der Waals surface area contributed by atoms with Crippen LogP contribution in [0.5, 0.6) is 11.5 Å². The number of ether oxygens (including phenoxy) is 2. The van der Waals surface area contributed by atoms with E-state index in [2.05, 4.69) is 23.8 Å². The van der Waals surface area contributed by atoms with Crippen molar-refractivity contribution < 1.29 is 44.1 Å². The zero-order valence-corrected chi connectivity index (χ0v) is 45.8. The normalized spacial score (nSPS) is 25.0. The molecule has 4 aromatic carbocycles. The van der Waals surface area contributed by atoms with E-state index in [1.165, 1.54) is 12.3 Å². The Labute approximate surface area is 429 Å². The molecule has 0 bridgehead atoms. The van der Waals surface area contributed by atoms with E-state index < -0.39 is 58.8 Å². The second-order valence-corrected chi connectivity index (χ2v) is 26.5. The topological polar surface area (TPSA) is 172 Å². The summed E-state index contributed by atoms with van der Waals surface area (Å²) in [7, 11) is -10.8. The highest BCUT2D eigenvalue weighted by molar-refractivity contribution is 7.91. The van der Waals surface area contributed by atoms with E-state index in [1.807, 2.05) is 76.2 Å². The Morgan fingerprint density at radius 3 is 1.62 bits per heavy atom. The summed E-state index contributed by atoms with van der Waals surface area (Å²) < 4.78 is 92.6. The van der Waals surface area contributed by atoms with Gasteiger partial charge >= 0.3 is 0 Å². The highest BCUT2D eigenvalue weighted by Gasteiger charge is 2.62. The van der Waals surface area contributed by atoms with E-state index in [1.54, 1.807) is 49.1 Å². The molecule has 15 nitrogen and oxygen atoms in total. The molecule has 4 aromatic rings. The minimum Gasteiger partial charge on any atom is -0.493 e. The largest absolute Gasteiger partial charge is 0.493 e. The van der Waals surface area contributed by atoms with Gasteiger partial charge in [-0.1, -0.05) is 61.3 Å². The number of benzene rings is 4. The molecule has 3 aliphatic rings. The highest BCUT2D eigenvalue weighted by atomic mass is 35.5. The summed E-state index contributed by atoms with van der Waals surface area (Å²) in [6, 6.07) is 23.6. The molecule has 384 valence electrons. The first-order chi connectivity index (χ1) is 33.4. The first-order valence-electron chi connectivity index (χ1n) is 24.0. The maximum atomic E-state index is 13.4. The second-order valence-electron chi connectivity index (χ2n) is 18.8. The number of carbonyl (C=O) groups is 1. The fraction of sp³-hybridized carbons (Fsp3) is 0.471. The molecule has 0 N–H and O–H groups in total. The SMILES string of the molecule is CCOc1cc(S(=O)(=O)CC)ccc1C1=NC(C)(c2ccc(Cl)cc2)C(C)N1[C@H]1CN(C=O)CC[N@+]1(CCCS(C)(=O)=O)N1C(c2ccc(S(=O)(=O)CC)cc2OCC)=NC(C)(c2ccc(Cl)cc2)C1C. The second kappa shape index (κ2) is 20.7. The van der Waals surface area contributed by atoms with Crippen LogP contribution in [0.1, 0.15) is 84.1 Å². The van der Waals surface area contributed by atoms with Gasteiger partial charge in [-0.25, -0.2) is 30.2 Å². The summed E-state index contributed by atoms with van der Waals surface area (Å²) in [4.78, 5) is 28.6. The lowest BCUT2D eigenvalue weighted by atomic mass is 9.86. The van der Waals surface area contributed by atoms with Crippen LogP contribution in [0, 0.1) is 0 Å². The molecule has 1 fully saturated rings. The van der Waals surface area contributed by atoms with Gasteiger partial charge in [0.1, 0.15) is 57.4 Å². The van der Waals surface area contributed by atoms with Crippen molar-refractivity contribution in [2.45, 2.75) is 101 Å². The van der Waals surface area contributed by atoms with Crippen molar-refractivity contribution in [1.29, 1.82) is 0 Å². The highest BCUT2D eigenvalue weighted by Crippen LogP contribution is 2.49. The fourth-order valence-electron chi connectivity index (χ4n) is 10.3. The summed E-state index contributed by atoms with van der Waals surface area (Å²) in [6.07, 6.45) is 1.50. The standard InChI is InChI=1S/C51H65Cl2N6O9S3/c1-10-67-45-31-41(70(63,64)12-3)23-25-43(45)48-54-50(7,37-15-19-39(52)20-16-37)35(5)57(48)47-33-56(34-60)27-29-59(47,28-14-30-69(9,61)62)58-36(6)51(8,38-17-21-40(53)22-18-38)55-49(58)44-26-24-42(71(65,66)13-4)32-46(44)68-11-2/h15-26,31-32,34-36,47H,10-14,27-30,33H2,1-9H3/q+1/t35?,36?,47-,50?,51?,59+/m1/s1. The number of hydrogen-bond donors (Lipinski definition) is 0. The third kappa shape index (κ3) is 10.3. The summed E-state index contributed by atoms with van der Waals surface area (Å²) in [5.41, 5.74) is 0.725. The van der Waals surface area contributed by atoms with E-state index in [9.17, 15) is 30.0 Å².